The summed E-state index contributed by atoms with van der Waals surface area (Å²) in [6.45, 7) is 1.65. The molecule has 0 spiro atoms. The third kappa shape index (κ3) is 2.75. The number of H-pyrrole nitrogens is 1. The smallest absolute Gasteiger partial charge is 0.251 e. The summed E-state index contributed by atoms with van der Waals surface area (Å²) in [5, 5.41) is 11.7. The van der Waals surface area contributed by atoms with E-state index in [-0.39, 0.29) is 12.0 Å². The minimum absolute atomic E-state index is 0.0394. The maximum Gasteiger partial charge on any atom is 0.251 e. The first-order valence-corrected chi connectivity index (χ1v) is 10.9. The number of fused-ring (bicyclic) bond motifs is 2. The fraction of sp³-hybridized carbons (Fsp3) is 0.333. The van der Waals surface area contributed by atoms with Gasteiger partial charge in [-0.15, -0.1) is 0 Å². The second kappa shape index (κ2) is 7.18. The van der Waals surface area contributed by atoms with Gasteiger partial charge in [-0.05, 0) is 25.0 Å². The van der Waals surface area contributed by atoms with E-state index in [9.17, 15) is 10.1 Å². The molecule has 1 N–H and O–H groups in total. The van der Waals surface area contributed by atoms with Gasteiger partial charge >= 0.3 is 0 Å². The average Bonchev–Trinajstić information content (AvgIpc) is 3.55. The molecule has 8 heteroatoms. The summed E-state index contributed by atoms with van der Waals surface area (Å²) in [4.78, 5) is 26.7. The number of aromatic nitrogens is 4. The Kier molecular flexibility index (Phi) is 4.26. The lowest BCUT2D eigenvalue weighted by molar-refractivity contribution is -0.151. The lowest BCUT2D eigenvalue weighted by Crippen LogP contribution is -2.65. The second-order valence-electron chi connectivity index (χ2n) is 8.65. The van der Waals surface area contributed by atoms with Crippen LogP contribution >= 0.6 is 0 Å². The zero-order valence-corrected chi connectivity index (χ0v) is 17.5. The molecular formula is C24H22N6O2. The number of nitriles is 1. The number of benzene rings is 1. The Bertz CT molecular complexity index is 1370. The molecule has 1 atom stereocenters. The molecule has 2 fully saturated rings. The Hall–Kier alpha value is -3.70. The van der Waals surface area contributed by atoms with Gasteiger partial charge in [0.2, 0.25) is 0 Å². The van der Waals surface area contributed by atoms with Crippen molar-refractivity contribution in [1.29, 1.82) is 5.26 Å². The fourth-order valence-corrected chi connectivity index (χ4v) is 5.14. The van der Waals surface area contributed by atoms with E-state index < -0.39 is 5.54 Å². The number of likely N-dealkylation sites (tertiary alicyclic amines) is 1. The van der Waals surface area contributed by atoms with Crippen LogP contribution in [0, 0.1) is 11.3 Å². The zero-order chi connectivity index (χ0) is 21.7. The molecule has 2 aliphatic rings. The van der Waals surface area contributed by atoms with Crippen molar-refractivity contribution in [2.75, 3.05) is 19.7 Å². The van der Waals surface area contributed by atoms with Crippen molar-refractivity contribution < 1.29 is 9.53 Å². The molecule has 0 unspecified atom stereocenters. The molecule has 0 radical (unpaired) electrons. The van der Waals surface area contributed by atoms with Crippen LogP contribution in [0.2, 0.25) is 0 Å². The molecular weight excluding hydrogens is 404 g/mol. The first-order chi connectivity index (χ1) is 15.7. The number of carbonyl (C=O) groups is 1. The summed E-state index contributed by atoms with van der Waals surface area (Å²) >= 11 is 0. The number of aromatic amines is 1. The second-order valence-corrected chi connectivity index (χ2v) is 8.65. The third-order valence-corrected chi connectivity index (χ3v) is 6.73. The van der Waals surface area contributed by atoms with Gasteiger partial charge in [0.1, 0.15) is 18.1 Å². The average molecular weight is 426 g/mol. The topological polar surface area (TPSA) is 99.8 Å². The predicted octanol–water partition coefficient (Wildman–Crippen LogP) is 3.21. The van der Waals surface area contributed by atoms with Crippen molar-refractivity contribution in [2.45, 2.75) is 30.9 Å². The molecule has 2 aliphatic heterocycles. The summed E-state index contributed by atoms with van der Waals surface area (Å²) in [5.74, 6) is 0.0394. The molecule has 0 bridgehead atoms. The van der Waals surface area contributed by atoms with E-state index >= 15 is 0 Å². The van der Waals surface area contributed by atoms with Gasteiger partial charge < -0.3 is 19.2 Å². The molecule has 5 heterocycles. The Balaban J connectivity index is 1.44. The van der Waals surface area contributed by atoms with Gasteiger partial charge in [0.25, 0.3) is 5.91 Å². The molecule has 32 heavy (non-hydrogen) atoms. The highest BCUT2D eigenvalue weighted by Gasteiger charge is 2.49. The maximum absolute atomic E-state index is 12.8. The molecule has 2 saturated heterocycles. The Morgan fingerprint density at radius 2 is 2.12 bits per heavy atom. The lowest BCUT2D eigenvalue weighted by atomic mass is 9.85. The number of rotatable bonds is 4. The summed E-state index contributed by atoms with van der Waals surface area (Å²) in [6.07, 6.45) is 7.20. The Morgan fingerprint density at radius 1 is 1.25 bits per heavy atom. The summed E-state index contributed by atoms with van der Waals surface area (Å²) in [5.41, 5.74) is 3.20. The first-order valence-electron chi connectivity index (χ1n) is 10.9. The van der Waals surface area contributed by atoms with Gasteiger partial charge in [-0.3, -0.25) is 4.79 Å². The predicted molar refractivity (Wildman–Crippen MR) is 119 cm³/mol. The number of hydrogen-bond acceptors (Lipinski definition) is 5. The van der Waals surface area contributed by atoms with Crippen molar-refractivity contribution in [3.63, 3.8) is 0 Å². The van der Waals surface area contributed by atoms with E-state index in [0.29, 0.717) is 26.1 Å². The van der Waals surface area contributed by atoms with Crippen LogP contribution in [0.5, 0.6) is 0 Å². The number of hydrogen-bond donors (Lipinski definition) is 1. The highest BCUT2D eigenvalue weighted by molar-refractivity contribution is 6.02. The van der Waals surface area contributed by atoms with Crippen molar-refractivity contribution in [2.24, 2.45) is 0 Å². The molecule has 3 aromatic heterocycles. The minimum Gasteiger partial charge on any atom is -0.368 e. The Labute approximate surface area is 184 Å². The van der Waals surface area contributed by atoms with Crippen LogP contribution < -0.4 is 0 Å². The summed E-state index contributed by atoms with van der Waals surface area (Å²) in [7, 11) is 0. The number of nitrogens with zero attached hydrogens (tertiary/aromatic N) is 5. The van der Waals surface area contributed by atoms with E-state index in [4.69, 9.17) is 4.74 Å². The zero-order valence-electron chi connectivity index (χ0n) is 17.5. The van der Waals surface area contributed by atoms with Gasteiger partial charge in [0.15, 0.2) is 0 Å². The SMILES string of the molecule is N#CCC1(n2cc(-c3ncnc4[nH]ccc34)c3ccccc32)CN(C(=O)[C@@H]2CCCO2)C1. The van der Waals surface area contributed by atoms with Crippen LogP contribution in [-0.4, -0.2) is 56.1 Å². The van der Waals surface area contributed by atoms with E-state index in [0.717, 1.165) is 46.0 Å². The van der Waals surface area contributed by atoms with Gasteiger partial charge in [0.05, 0.1) is 23.7 Å². The molecule has 4 aromatic rings. The van der Waals surface area contributed by atoms with Crippen LogP contribution in [0.3, 0.4) is 0 Å². The van der Waals surface area contributed by atoms with Crippen molar-refractivity contribution in [3.8, 4) is 17.3 Å². The van der Waals surface area contributed by atoms with E-state index in [1.54, 1.807) is 6.33 Å². The van der Waals surface area contributed by atoms with Gasteiger partial charge in [-0.1, -0.05) is 18.2 Å². The molecule has 0 saturated carbocycles. The largest absolute Gasteiger partial charge is 0.368 e. The number of ether oxygens (including phenoxy) is 1. The Morgan fingerprint density at radius 3 is 2.94 bits per heavy atom. The van der Waals surface area contributed by atoms with E-state index in [1.807, 2.05) is 29.3 Å². The van der Waals surface area contributed by atoms with Crippen LogP contribution in [0.25, 0.3) is 33.2 Å². The number of nitrogens with one attached hydrogen (secondary N) is 1. The van der Waals surface area contributed by atoms with Crippen LogP contribution in [-0.2, 0) is 15.1 Å². The molecule has 160 valence electrons. The van der Waals surface area contributed by atoms with E-state index in [1.165, 1.54) is 0 Å². The van der Waals surface area contributed by atoms with Crippen LogP contribution in [0.4, 0.5) is 0 Å². The standard InChI is InChI=1S/C24H22N6O2/c25-9-8-24(13-29(14-24)23(31)20-6-3-11-32-20)30-12-18(16-4-1-2-5-19(16)30)21-17-7-10-26-22(17)28-15-27-21/h1-2,4-5,7,10,12,15,20H,3,6,8,11,13-14H2,(H,26,27,28)/t20-/m0/s1. The van der Waals surface area contributed by atoms with Gasteiger partial charge in [0, 0.05) is 53.9 Å². The molecule has 8 nitrogen and oxygen atoms in total. The highest BCUT2D eigenvalue weighted by atomic mass is 16.5. The third-order valence-electron chi connectivity index (χ3n) is 6.73. The van der Waals surface area contributed by atoms with Crippen molar-refractivity contribution in [3.05, 3.63) is 49.1 Å². The fourth-order valence-electron chi connectivity index (χ4n) is 5.14. The number of amides is 1. The van der Waals surface area contributed by atoms with Crippen LogP contribution in [0.15, 0.2) is 49.1 Å². The van der Waals surface area contributed by atoms with Crippen molar-refractivity contribution >= 4 is 27.8 Å². The lowest BCUT2D eigenvalue weighted by Gasteiger charge is -2.50. The minimum atomic E-state index is -0.467. The monoisotopic (exact) mass is 426 g/mol. The van der Waals surface area contributed by atoms with Crippen molar-refractivity contribution in [1.82, 2.24) is 24.4 Å². The molecule has 1 amide bonds. The number of carbonyl (C=O) groups excluding carboxylic acids is 1. The molecule has 0 aliphatic carbocycles. The molecule has 6 rings (SSSR count). The summed E-state index contributed by atoms with van der Waals surface area (Å²) < 4.78 is 7.77. The highest BCUT2D eigenvalue weighted by Crippen LogP contribution is 2.41. The van der Waals surface area contributed by atoms with Gasteiger partial charge in [-0.25, -0.2) is 9.97 Å². The first kappa shape index (κ1) is 19.0. The quantitative estimate of drug-likeness (QED) is 0.540. The number of para-hydroxylation sites is 1. The van der Waals surface area contributed by atoms with E-state index in [2.05, 4.69) is 43.9 Å². The van der Waals surface area contributed by atoms with Crippen LogP contribution in [0.1, 0.15) is 19.3 Å². The molecule has 1 aromatic carbocycles. The normalized spacial score (nSPS) is 19.8. The van der Waals surface area contributed by atoms with Gasteiger partial charge in [-0.2, -0.15) is 5.26 Å². The maximum atomic E-state index is 12.8. The summed E-state index contributed by atoms with van der Waals surface area (Å²) in [6, 6.07) is 12.5.